The molecule has 0 bridgehead atoms. The minimum absolute atomic E-state index is 0.345. The Bertz CT molecular complexity index is 403. The molecule has 0 amide bonds. The van der Waals surface area contributed by atoms with Crippen molar-refractivity contribution in [1.29, 1.82) is 0 Å². The summed E-state index contributed by atoms with van der Waals surface area (Å²) in [5, 5.41) is 0. The van der Waals surface area contributed by atoms with Crippen molar-refractivity contribution in [2.45, 2.75) is 32.5 Å². The van der Waals surface area contributed by atoms with E-state index in [1.807, 2.05) is 30.3 Å². The average molecular weight is 253 g/mol. The van der Waals surface area contributed by atoms with Gasteiger partial charge in [0, 0.05) is 25.2 Å². The lowest BCUT2D eigenvalue weighted by molar-refractivity contribution is 0.451. The van der Waals surface area contributed by atoms with Gasteiger partial charge in [-0.25, -0.2) is 13.2 Å². The van der Waals surface area contributed by atoms with Crippen LogP contribution in [0.1, 0.15) is 25.0 Å². The Morgan fingerprint density at radius 3 is 2.35 bits per heavy atom. The Kier molecular flexibility index (Phi) is 3.63. The molecule has 1 aromatic carbocycles. The second-order valence-electron chi connectivity index (χ2n) is 5.13. The Balaban J connectivity index is 1.92. The third-order valence-corrected chi connectivity index (χ3v) is 3.82. The molecule has 0 saturated carbocycles. The number of hydrogen-bond acceptors (Lipinski definition) is 2. The molecule has 0 aromatic heterocycles. The zero-order valence-electron chi connectivity index (χ0n) is 10.3. The highest BCUT2D eigenvalue weighted by atomic mass is 32.2. The maximum Gasteiger partial charge on any atom is 0.170 e. The van der Waals surface area contributed by atoms with E-state index in [1.165, 1.54) is 11.1 Å². The Morgan fingerprint density at radius 1 is 1.35 bits per heavy atom. The van der Waals surface area contributed by atoms with Crippen molar-refractivity contribution in [1.82, 2.24) is 9.03 Å². The van der Waals surface area contributed by atoms with E-state index in [9.17, 15) is 4.21 Å². The van der Waals surface area contributed by atoms with Gasteiger partial charge in [-0.15, -0.1) is 0 Å². The fourth-order valence-electron chi connectivity index (χ4n) is 1.76. The standard InChI is InChI=1S/C12H19N3OS/c1-12(2,13)9-14-17(16)15-7-10-5-3-4-6-11(10)8-15/h3-6,14H,7-9,13H2,1-2H3. The molecule has 1 aliphatic rings. The normalized spacial score (nSPS) is 18.1. The number of benzene rings is 1. The smallest absolute Gasteiger partial charge is 0.170 e. The first-order chi connectivity index (χ1) is 7.96. The Morgan fingerprint density at radius 2 is 1.88 bits per heavy atom. The van der Waals surface area contributed by atoms with Crippen molar-refractivity contribution >= 4 is 11.2 Å². The first-order valence-electron chi connectivity index (χ1n) is 5.72. The van der Waals surface area contributed by atoms with E-state index in [-0.39, 0.29) is 5.54 Å². The summed E-state index contributed by atoms with van der Waals surface area (Å²) in [4.78, 5) is 0. The molecule has 94 valence electrons. The summed E-state index contributed by atoms with van der Waals surface area (Å²) >= 11 is -1.16. The van der Waals surface area contributed by atoms with Crippen LogP contribution in [0.3, 0.4) is 0 Å². The highest BCUT2D eigenvalue weighted by molar-refractivity contribution is 7.80. The summed E-state index contributed by atoms with van der Waals surface area (Å²) in [5.41, 5.74) is 8.02. The lowest BCUT2D eigenvalue weighted by atomic mass is 10.1. The second kappa shape index (κ2) is 4.86. The molecular formula is C12H19N3OS. The largest absolute Gasteiger partial charge is 0.324 e. The summed E-state index contributed by atoms with van der Waals surface area (Å²) in [6.45, 7) is 5.83. The van der Waals surface area contributed by atoms with Crippen LogP contribution >= 0.6 is 0 Å². The predicted molar refractivity (Wildman–Crippen MR) is 70.1 cm³/mol. The van der Waals surface area contributed by atoms with Crippen LogP contribution in [0.15, 0.2) is 24.3 Å². The van der Waals surface area contributed by atoms with E-state index in [2.05, 4.69) is 16.9 Å². The zero-order valence-corrected chi connectivity index (χ0v) is 11.1. The fraction of sp³-hybridized carbons (Fsp3) is 0.500. The molecule has 1 atom stereocenters. The molecular weight excluding hydrogens is 234 g/mol. The van der Waals surface area contributed by atoms with Crippen LogP contribution in [0, 0.1) is 0 Å². The van der Waals surface area contributed by atoms with Gasteiger partial charge in [-0.3, -0.25) is 0 Å². The molecule has 0 aliphatic carbocycles. The number of nitrogens with one attached hydrogen (secondary N) is 1. The van der Waals surface area contributed by atoms with Gasteiger partial charge in [0.1, 0.15) is 0 Å². The van der Waals surface area contributed by atoms with Crippen LogP contribution in [0.5, 0.6) is 0 Å². The minimum atomic E-state index is -1.16. The predicted octanol–water partition coefficient (Wildman–Crippen LogP) is 0.908. The van der Waals surface area contributed by atoms with E-state index < -0.39 is 11.2 Å². The van der Waals surface area contributed by atoms with Crippen LogP contribution in [0.2, 0.25) is 0 Å². The number of fused-ring (bicyclic) bond motifs is 1. The molecule has 1 unspecified atom stereocenters. The molecule has 4 nitrogen and oxygen atoms in total. The maximum absolute atomic E-state index is 12.0. The van der Waals surface area contributed by atoms with Crippen molar-refractivity contribution < 1.29 is 4.21 Å². The average Bonchev–Trinajstić information content (AvgIpc) is 2.68. The van der Waals surface area contributed by atoms with Crippen LogP contribution in [-0.4, -0.2) is 20.6 Å². The summed E-state index contributed by atoms with van der Waals surface area (Å²) in [6, 6.07) is 8.20. The summed E-state index contributed by atoms with van der Waals surface area (Å²) in [5.74, 6) is 0. The molecule has 2 rings (SSSR count). The second-order valence-corrected chi connectivity index (χ2v) is 6.43. The van der Waals surface area contributed by atoms with Gasteiger partial charge in [-0.1, -0.05) is 24.3 Å². The number of nitrogens with two attached hydrogens (primary N) is 1. The maximum atomic E-state index is 12.0. The van der Waals surface area contributed by atoms with Gasteiger partial charge in [0.05, 0.1) is 0 Å². The number of rotatable bonds is 4. The minimum Gasteiger partial charge on any atom is -0.324 e. The van der Waals surface area contributed by atoms with E-state index in [4.69, 9.17) is 5.73 Å². The number of hydrogen-bond donors (Lipinski definition) is 2. The van der Waals surface area contributed by atoms with Crippen molar-refractivity contribution in [2.24, 2.45) is 5.73 Å². The first kappa shape index (κ1) is 12.7. The van der Waals surface area contributed by atoms with Crippen LogP contribution in [-0.2, 0) is 24.3 Å². The van der Waals surface area contributed by atoms with E-state index >= 15 is 0 Å². The molecule has 0 saturated heterocycles. The topological polar surface area (TPSA) is 58.4 Å². The first-order valence-corrected chi connectivity index (χ1v) is 6.82. The molecule has 1 aromatic rings. The van der Waals surface area contributed by atoms with E-state index in [1.54, 1.807) is 0 Å². The van der Waals surface area contributed by atoms with Gasteiger partial charge in [-0.2, -0.15) is 0 Å². The molecule has 0 fully saturated rings. The Labute approximate surface area is 105 Å². The molecule has 17 heavy (non-hydrogen) atoms. The van der Waals surface area contributed by atoms with Crippen molar-refractivity contribution in [2.75, 3.05) is 6.54 Å². The highest BCUT2D eigenvalue weighted by Crippen LogP contribution is 2.22. The summed E-state index contributed by atoms with van der Waals surface area (Å²) in [7, 11) is 0. The zero-order chi connectivity index (χ0) is 12.5. The van der Waals surface area contributed by atoms with Gasteiger partial charge in [-0.05, 0) is 25.0 Å². The molecule has 5 heteroatoms. The SMILES string of the molecule is CC(C)(N)CNS(=O)N1Cc2ccccc2C1. The molecule has 1 heterocycles. The summed E-state index contributed by atoms with van der Waals surface area (Å²) in [6.07, 6.45) is 0. The molecule has 1 aliphatic heterocycles. The van der Waals surface area contributed by atoms with Crippen LogP contribution in [0.25, 0.3) is 0 Å². The van der Waals surface area contributed by atoms with Crippen molar-refractivity contribution in [3.8, 4) is 0 Å². The van der Waals surface area contributed by atoms with Crippen molar-refractivity contribution in [3.63, 3.8) is 0 Å². The lowest BCUT2D eigenvalue weighted by Crippen LogP contribution is -2.46. The molecule has 0 radical (unpaired) electrons. The molecule has 0 spiro atoms. The van der Waals surface area contributed by atoms with E-state index in [0.29, 0.717) is 6.54 Å². The molecule has 3 N–H and O–H groups in total. The fourth-order valence-corrected chi connectivity index (χ4v) is 2.95. The van der Waals surface area contributed by atoms with Crippen LogP contribution < -0.4 is 10.5 Å². The van der Waals surface area contributed by atoms with E-state index in [0.717, 1.165) is 13.1 Å². The van der Waals surface area contributed by atoms with Crippen molar-refractivity contribution in [3.05, 3.63) is 35.4 Å². The van der Waals surface area contributed by atoms with Gasteiger partial charge in [0.15, 0.2) is 11.2 Å². The van der Waals surface area contributed by atoms with Gasteiger partial charge in [0.25, 0.3) is 0 Å². The third-order valence-electron chi connectivity index (χ3n) is 2.70. The van der Waals surface area contributed by atoms with Gasteiger partial charge < -0.3 is 5.73 Å². The summed E-state index contributed by atoms with van der Waals surface area (Å²) < 4.78 is 16.9. The highest BCUT2D eigenvalue weighted by Gasteiger charge is 2.23. The quantitative estimate of drug-likeness (QED) is 0.838. The van der Waals surface area contributed by atoms with Gasteiger partial charge >= 0.3 is 0 Å². The monoisotopic (exact) mass is 253 g/mol. The Hall–Kier alpha value is -0.750. The lowest BCUT2D eigenvalue weighted by Gasteiger charge is -2.21. The third kappa shape index (κ3) is 3.35. The van der Waals surface area contributed by atoms with Gasteiger partial charge in [0.2, 0.25) is 0 Å². The number of nitrogens with zero attached hydrogens (tertiary/aromatic N) is 1. The van der Waals surface area contributed by atoms with Crippen LogP contribution in [0.4, 0.5) is 0 Å².